The summed E-state index contributed by atoms with van der Waals surface area (Å²) < 4.78 is 0. The lowest BCUT2D eigenvalue weighted by Gasteiger charge is -2.59. The van der Waals surface area contributed by atoms with Crippen LogP contribution in [0.4, 0.5) is 0 Å². The van der Waals surface area contributed by atoms with Crippen LogP contribution < -0.4 is 0 Å². The fourth-order valence-corrected chi connectivity index (χ4v) is 9.32. The Labute approximate surface area is 380 Å². The Bertz CT molecular complexity index is 2440. The molecule has 3 fully saturated rings. The molecule has 0 aromatic heterocycles. The molecular formula is C54H92O4. The third-order valence-corrected chi connectivity index (χ3v) is 11.9. The second-order valence-electron chi connectivity index (χ2n) is 16.3. The zero-order valence-corrected chi connectivity index (χ0v) is 34.8. The van der Waals surface area contributed by atoms with E-state index in [9.17, 15) is 10.2 Å². The molecule has 4 rings (SSSR count). The number of hydrogen-bond acceptors (Lipinski definition) is 4. The van der Waals surface area contributed by atoms with Gasteiger partial charge >= 0.3 is 0 Å². The molecular weight excluding hydrogens is 713 g/mol. The maximum Gasteiger partial charge on any atom is 0.0657 e. The molecule has 8 atom stereocenters. The summed E-state index contributed by atoms with van der Waals surface area (Å²) in [4.78, 5) is 14.0. The summed E-state index contributed by atoms with van der Waals surface area (Å²) in [5.41, 5.74) is 1.37. The quantitative estimate of drug-likeness (QED) is 0.219. The first-order valence-corrected chi connectivity index (χ1v) is 19.5. The van der Waals surface area contributed by atoms with Crippen molar-refractivity contribution in [3.8, 4) is 154 Å². The fourth-order valence-electron chi connectivity index (χ4n) is 9.32. The third kappa shape index (κ3) is 15.2. The number of rotatable bonds is 4. The van der Waals surface area contributed by atoms with E-state index in [4.69, 9.17) is 16.4 Å². The van der Waals surface area contributed by atoms with Crippen LogP contribution in [0.5, 0.6) is 0 Å². The zero-order valence-electron chi connectivity index (χ0n) is 34.8. The molecule has 0 spiro atoms. The summed E-state index contributed by atoms with van der Waals surface area (Å²) in [5.74, 6) is 66.0. The first-order chi connectivity index (χ1) is 27.8. The van der Waals surface area contributed by atoms with Crippen LogP contribution in [-0.4, -0.2) is 21.4 Å². The van der Waals surface area contributed by atoms with Gasteiger partial charge in [0.2, 0.25) is 0 Å². The van der Waals surface area contributed by atoms with Crippen LogP contribution in [-0.2, 0) is 0 Å². The number of allylic oxidation sites excluding steroid dienone is 1. The molecule has 0 amide bonds. The van der Waals surface area contributed by atoms with Gasteiger partial charge in [-0.1, -0.05) is 38.3 Å². The summed E-state index contributed by atoms with van der Waals surface area (Å²) >= 11 is 0. The lowest BCUT2D eigenvalue weighted by atomic mass is 9.46. The Morgan fingerprint density at radius 2 is 1.16 bits per heavy atom. The second kappa shape index (κ2) is 24.2. The van der Waals surface area contributed by atoms with Crippen molar-refractivity contribution in [1.29, 1.82) is 0 Å². The van der Waals surface area contributed by atoms with E-state index < -0.39 is 11.2 Å². The summed E-state index contributed by atoms with van der Waals surface area (Å²) in [6, 6.07) is 0. The van der Waals surface area contributed by atoms with Gasteiger partial charge in [0.1, 0.15) is 0 Å². The summed E-state index contributed by atoms with van der Waals surface area (Å²) in [5, 5.41) is 20.9. The highest BCUT2D eigenvalue weighted by Gasteiger charge is 2.59. The molecule has 3 saturated carbocycles. The van der Waals surface area contributed by atoms with Gasteiger partial charge in [-0.15, -0.1) is 6.42 Å². The van der Waals surface area contributed by atoms with Crippen molar-refractivity contribution < 1.29 is 40.2 Å². The molecule has 58 heavy (non-hydrogen) atoms. The standard InChI is InChI=1S/C27H46O2.C27H4.O2.21H2/c1-18(11-13-24(2,3)28)21-9-10-22-20-8-7-19-17-25(4,29)15-16-26(19,5)23(20)12-14-27(21,22)6;1-3-5-7-9-11-13-15-17-19-21-23-25-27-26-24-22-20-18-16-14-12-10-8-6-4-2;1-2;;;;;;;;;;;;;;;;;;;;;/h7,18,20-23,28-29H,8-17H2,1-6H3;1H,2H3;;21*1H/t18-,20+,21-,22+,23+,25-,26+,27-;;;;;;;;;;;;;;;;;;;;;;;/m1......................./s1. The average molecular weight is 805 g/mol. The smallest absolute Gasteiger partial charge is 0.0657 e. The molecule has 0 radical (unpaired) electrons. The normalized spacial score (nSPS) is 26.0. The Morgan fingerprint density at radius 3 is 1.59 bits per heavy atom. The SMILES string of the molecule is C#CC#CC#CC#CC#CC#CC#CC#CC#CC#CC#CC#CC#CC.C[C@H](CCC(C)(C)O)[C@H]1CC[C@H]2[C@@H]3CC=C4C[C@](C)(O)CC[C@]4(C)[C@H]3CC[C@]12C.O=O.[HH].[HH].[HH].[HH].[HH].[HH].[HH].[HH].[HH].[HH].[HH].[HH].[HH].[HH].[HH].[HH].[HH].[HH].[HH].[HH].[HH]. The van der Waals surface area contributed by atoms with Crippen molar-refractivity contribution in [2.45, 2.75) is 124 Å². The van der Waals surface area contributed by atoms with E-state index in [0.29, 0.717) is 16.7 Å². The Morgan fingerprint density at radius 1 is 0.707 bits per heavy atom. The molecule has 4 nitrogen and oxygen atoms in total. The minimum absolute atomic E-state index is 0. The zero-order chi connectivity index (χ0) is 42.9. The highest BCUT2D eigenvalue weighted by atomic mass is 16.7. The Balaban J connectivity index is -0.0000000378. The molecule has 0 aromatic carbocycles. The highest BCUT2D eigenvalue weighted by molar-refractivity contribution is 5.48. The van der Waals surface area contributed by atoms with E-state index in [0.717, 1.165) is 49.4 Å². The number of aliphatic hydroxyl groups is 2. The van der Waals surface area contributed by atoms with E-state index in [1.54, 1.807) is 12.5 Å². The summed E-state index contributed by atoms with van der Waals surface area (Å²) in [6.07, 6.45) is 19.4. The number of terminal acetylenes is 1. The van der Waals surface area contributed by atoms with Crippen molar-refractivity contribution in [3.05, 3.63) is 21.6 Å². The van der Waals surface area contributed by atoms with Gasteiger partial charge < -0.3 is 10.2 Å². The van der Waals surface area contributed by atoms with Gasteiger partial charge in [-0.25, -0.2) is 0 Å². The highest BCUT2D eigenvalue weighted by Crippen LogP contribution is 2.67. The van der Waals surface area contributed by atoms with Crippen molar-refractivity contribution in [2.75, 3.05) is 0 Å². The largest absolute Gasteiger partial charge is 0.390 e. The van der Waals surface area contributed by atoms with Crippen LogP contribution in [0.1, 0.15) is 143 Å². The Kier molecular flexibility index (Phi) is 19.9. The predicted molar refractivity (Wildman–Crippen MR) is 279 cm³/mol. The fraction of sp³-hybridized carbons (Fsp3) is 0.481. The van der Waals surface area contributed by atoms with E-state index in [1.165, 1.54) is 38.5 Å². The predicted octanol–water partition coefficient (Wildman–Crippen LogP) is 12.4. The van der Waals surface area contributed by atoms with Gasteiger partial charge in [-0.2, -0.15) is 0 Å². The van der Waals surface area contributed by atoms with Crippen molar-refractivity contribution in [1.82, 2.24) is 0 Å². The van der Waals surface area contributed by atoms with E-state index in [-0.39, 0.29) is 30.0 Å². The summed E-state index contributed by atoms with van der Waals surface area (Å²) in [6.45, 7) is 15.3. The van der Waals surface area contributed by atoms with Gasteiger partial charge in [-0.3, -0.25) is 0 Å². The lowest BCUT2D eigenvalue weighted by molar-refractivity contribution is -0.0713. The van der Waals surface area contributed by atoms with Crippen LogP contribution >= 0.6 is 0 Å². The molecule has 0 aromatic rings. The Hall–Kier alpha value is -6.46. The molecule has 0 heterocycles. The molecule has 2 N–H and O–H groups in total. The maximum atomic E-state index is 10.7. The second-order valence-corrected chi connectivity index (χ2v) is 16.3. The molecule has 4 aliphatic carbocycles. The molecule has 4 heteroatoms. The van der Waals surface area contributed by atoms with Gasteiger partial charge in [0.05, 0.1) is 11.2 Å². The van der Waals surface area contributed by atoms with E-state index in [1.807, 2.05) is 20.8 Å². The average Bonchev–Trinajstić information content (AvgIpc) is 3.55. The third-order valence-electron chi connectivity index (χ3n) is 11.9. The van der Waals surface area contributed by atoms with Crippen molar-refractivity contribution in [2.24, 2.45) is 40.4 Å². The molecule has 4 aliphatic rings. The molecule has 0 saturated heterocycles. The molecule has 0 bridgehead atoms. The van der Waals surface area contributed by atoms with Crippen LogP contribution in [0.2, 0.25) is 0 Å². The van der Waals surface area contributed by atoms with E-state index >= 15 is 0 Å². The van der Waals surface area contributed by atoms with Gasteiger partial charge in [0.25, 0.3) is 0 Å². The molecule has 0 aliphatic heterocycles. The summed E-state index contributed by atoms with van der Waals surface area (Å²) in [7, 11) is 0. The minimum atomic E-state index is -0.536. The van der Waals surface area contributed by atoms with Crippen molar-refractivity contribution in [3.63, 3.8) is 0 Å². The van der Waals surface area contributed by atoms with E-state index in [2.05, 4.69) is 175 Å². The topological polar surface area (TPSA) is 74.6 Å². The van der Waals surface area contributed by atoms with Crippen LogP contribution in [0.25, 0.3) is 0 Å². The minimum Gasteiger partial charge on any atom is -0.390 e. The van der Waals surface area contributed by atoms with Crippen LogP contribution in [0.3, 0.4) is 0 Å². The first kappa shape index (κ1) is 47.7. The van der Waals surface area contributed by atoms with Gasteiger partial charge in [-0.05, 0) is 227 Å². The van der Waals surface area contributed by atoms with Crippen LogP contribution in [0, 0.1) is 205 Å². The molecule has 332 valence electrons. The number of fused-ring (bicyclic) bond motifs is 5. The lowest BCUT2D eigenvalue weighted by Crippen LogP contribution is -2.52. The number of hydrogen-bond donors (Lipinski definition) is 2. The first-order valence-electron chi connectivity index (χ1n) is 19.5. The van der Waals surface area contributed by atoms with Crippen LogP contribution in [0.15, 0.2) is 11.6 Å². The maximum absolute atomic E-state index is 10.7. The molecule has 0 unspecified atom stereocenters. The monoisotopic (exact) mass is 805 g/mol. The van der Waals surface area contributed by atoms with Gasteiger partial charge in [0, 0.05) is 87.3 Å². The van der Waals surface area contributed by atoms with Crippen molar-refractivity contribution >= 4 is 0 Å². The van der Waals surface area contributed by atoms with Gasteiger partial charge in [0.15, 0.2) is 0 Å².